The van der Waals surface area contributed by atoms with Gasteiger partial charge in [0.2, 0.25) is 0 Å². The fourth-order valence-electron chi connectivity index (χ4n) is 8.71. The van der Waals surface area contributed by atoms with Gasteiger partial charge >= 0.3 is 0 Å². The minimum atomic E-state index is -1.68. The Morgan fingerprint density at radius 3 is 0.931 bits per heavy atom. The van der Waals surface area contributed by atoms with Gasteiger partial charge in [0, 0.05) is 0 Å². The second-order valence-corrected chi connectivity index (χ2v) is 20.3. The zero-order chi connectivity index (χ0) is 20.2. The molecule has 0 aromatic heterocycles. The lowest BCUT2D eigenvalue weighted by Crippen LogP contribution is -2.59. The first-order valence-corrected chi connectivity index (χ1v) is 18.5. The third-order valence-electron chi connectivity index (χ3n) is 9.85. The minimum absolute atomic E-state index is 1.03. The van der Waals surface area contributed by atoms with E-state index in [0.29, 0.717) is 0 Å². The van der Waals surface area contributed by atoms with Gasteiger partial charge in [-0.3, -0.25) is 0 Å². The highest BCUT2D eigenvalue weighted by Gasteiger charge is 2.58. The number of hydrogen-bond donors (Lipinski definition) is 0. The lowest BCUT2D eigenvalue weighted by Gasteiger charge is -2.53. The van der Waals surface area contributed by atoms with Crippen LogP contribution < -0.4 is 0 Å². The van der Waals surface area contributed by atoms with Crippen LogP contribution in [0, 0.1) is 0 Å². The highest BCUT2D eigenvalue weighted by atomic mass is 28.4. The molecule has 0 aromatic carbocycles. The Balaban J connectivity index is 1.73. The van der Waals surface area contributed by atoms with E-state index in [1.54, 1.807) is 0 Å². The molecule has 0 bridgehead atoms. The van der Waals surface area contributed by atoms with Gasteiger partial charge in [0.1, 0.15) is 0 Å². The van der Waals surface area contributed by atoms with E-state index in [2.05, 4.69) is 13.8 Å². The van der Waals surface area contributed by atoms with Crippen molar-refractivity contribution in [1.29, 1.82) is 0 Å². The van der Waals surface area contributed by atoms with Crippen molar-refractivity contribution in [2.24, 2.45) is 0 Å². The fraction of sp³-hybridized carbons (Fsp3) is 1.00. The molecular weight excluding hydrogens is 384 g/mol. The van der Waals surface area contributed by atoms with E-state index in [9.17, 15) is 0 Å². The molecule has 4 rings (SSSR count). The molecule has 4 aliphatic carbocycles. The maximum atomic E-state index is 8.32. The molecule has 0 N–H and O–H groups in total. The largest absolute Gasteiger partial charge is 0.454 e. The van der Waals surface area contributed by atoms with E-state index >= 15 is 0 Å². The van der Waals surface area contributed by atoms with Gasteiger partial charge in [-0.15, -0.1) is 0 Å². The topological polar surface area (TPSA) is 9.23 Å². The maximum Gasteiger partial charge on any atom is 0.185 e. The fourth-order valence-corrected chi connectivity index (χ4v) is 25.1. The molecule has 0 saturated heterocycles. The zero-order valence-corrected chi connectivity index (χ0v) is 21.9. The molecule has 29 heavy (non-hydrogen) atoms. The van der Waals surface area contributed by atoms with Crippen LogP contribution in [-0.2, 0) is 4.12 Å². The Hall–Kier alpha value is 0.394. The average Bonchev–Trinajstić information content (AvgIpc) is 3.55. The predicted octanol–water partition coefficient (Wildman–Crippen LogP) is 9.49. The van der Waals surface area contributed by atoms with Crippen LogP contribution in [0.1, 0.15) is 129 Å². The van der Waals surface area contributed by atoms with Gasteiger partial charge in [0.25, 0.3) is 0 Å². The first kappa shape index (κ1) is 22.6. The first-order valence-electron chi connectivity index (χ1n) is 14.0. The smallest absolute Gasteiger partial charge is 0.185 e. The molecule has 0 aromatic rings. The lowest BCUT2D eigenvalue weighted by atomic mass is 10.3. The van der Waals surface area contributed by atoms with Crippen LogP contribution in [0.5, 0.6) is 0 Å². The van der Waals surface area contributed by atoms with Crippen LogP contribution >= 0.6 is 0 Å². The molecule has 3 heteroatoms. The molecular formula is C26H50OSi2. The Labute approximate surface area is 184 Å². The van der Waals surface area contributed by atoms with Crippen LogP contribution in [0.2, 0.25) is 34.3 Å². The Bertz CT molecular complexity index is 407. The molecule has 0 atom stereocenters. The van der Waals surface area contributed by atoms with Crippen molar-refractivity contribution in [2.45, 2.75) is 164 Å². The zero-order valence-electron chi connectivity index (χ0n) is 19.9. The molecule has 0 heterocycles. The summed E-state index contributed by atoms with van der Waals surface area (Å²) >= 11 is 0. The summed E-state index contributed by atoms with van der Waals surface area (Å²) in [5.74, 6) is 0. The molecule has 0 radical (unpaired) electrons. The second-order valence-electron chi connectivity index (χ2n) is 11.4. The third-order valence-corrected chi connectivity index (χ3v) is 23.3. The van der Waals surface area contributed by atoms with Gasteiger partial charge in [0.05, 0.1) is 0 Å². The molecule has 4 fully saturated rings. The Morgan fingerprint density at radius 1 is 0.483 bits per heavy atom. The summed E-state index contributed by atoms with van der Waals surface area (Å²) in [4.78, 5) is 0. The molecule has 0 unspecified atom stereocenters. The summed E-state index contributed by atoms with van der Waals surface area (Å²) < 4.78 is 8.32. The summed E-state index contributed by atoms with van der Waals surface area (Å²) in [6, 6.07) is 3.03. The maximum absolute atomic E-state index is 8.32. The van der Waals surface area contributed by atoms with Crippen LogP contribution in [0.25, 0.3) is 0 Å². The first-order chi connectivity index (χ1) is 14.2. The van der Waals surface area contributed by atoms with E-state index in [-0.39, 0.29) is 0 Å². The van der Waals surface area contributed by atoms with Crippen molar-refractivity contribution in [1.82, 2.24) is 0 Å². The van der Waals surface area contributed by atoms with E-state index in [4.69, 9.17) is 4.12 Å². The summed E-state index contributed by atoms with van der Waals surface area (Å²) in [5.41, 5.74) is 4.10. The van der Waals surface area contributed by atoms with Crippen molar-refractivity contribution in [3.63, 3.8) is 0 Å². The van der Waals surface area contributed by atoms with Crippen LogP contribution in [0.3, 0.4) is 0 Å². The van der Waals surface area contributed by atoms with Gasteiger partial charge in [-0.1, -0.05) is 129 Å². The summed E-state index contributed by atoms with van der Waals surface area (Å²) in [6.45, 7) is 4.98. The average molecular weight is 435 g/mol. The van der Waals surface area contributed by atoms with Crippen LogP contribution in [0.4, 0.5) is 0 Å². The summed E-state index contributed by atoms with van der Waals surface area (Å²) in [7, 11) is -3.35. The van der Waals surface area contributed by atoms with Gasteiger partial charge in [-0.05, 0) is 34.3 Å². The summed E-state index contributed by atoms with van der Waals surface area (Å²) in [6.07, 6.45) is 27.1. The monoisotopic (exact) mass is 434 g/mol. The van der Waals surface area contributed by atoms with Gasteiger partial charge < -0.3 is 4.12 Å². The molecule has 4 aliphatic rings. The molecule has 0 spiro atoms. The Morgan fingerprint density at radius 2 is 0.724 bits per heavy atom. The predicted molar refractivity (Wildman–Crippen MR) is 132 cm³/mol. The van der Waals surface area contributed by atoms with Crippen molar-refractivity contribution < 1.29 is 4.12 Å². The van der Waals surface area contributed by atoms with Crippen molar-refractivity contribution >= 4 is 16.6 Å². The number of rotatable bonds is 10. The van der Waals surface area contributed by atoms with E-state index in [0.717, 1.165) is 22.2 Å². The molecule has 4 saturated carbocycles. The van der Waals surface area contributed by atoms with E-state index in [1.165, 1.54) is 128 Å². The van der Waals surface area contributed by atoms with Crippen molar-refractivity contribution in [3.05, 3.63) is 0 Å². The van der Waals surface area contributed by atoms with Gasteiger partial charge in [0.15, 0.2) is 16.6 Å². The molecule has 0 aliphatic heterocycles. The molecule has 1 nitrogen and oxygen atoms in total. The minimum Gasteiger partial charge on any atom is -0.454 e. The standard InChI is InChI=1S/C26H50OSi2/c1-3-21-28(23-13-5-6-14-23,24-15-7-8-16-24)27-29(22-4-2,25-17-9-10-18-25)26-19-11-12-20-26/h23-26H,3-22H2,1-2H3. The number of hydrogen-bond acceptors (Lipinski definition) is 1. The summed E-state index contributed by atoms with van der Waals surface area (Å²) in [5, 5.41) is 0. The van der Waals surface area contributed by atoms with E-state index in [1.807, 2.05) is 0 Å². The SMILES string of the molecule is CCC[Si](O[Si](CCC)(C1CCCC1)C1CCCC1)(C1CCCC1)C1CCCC1. The van der Waals surface area contributed by atoms with Gasteiger partial charge in [-0.25, -0.2) is 0 Å². The van der Waals surface area contributed by atoms with Crippen LogP contribution in [0.15, 0.2) is 0 Å². The normalized spacial score (nSPS) is 26.3. The molecule has 168 valence electrons. The Kier molecular flexibility index (Phi) is 8.05. The van der Waals surface area contributed by atoms with Crippen molar-refractivity contribution in [3.8, 4) is 0 Å². The van der Waals surface area contributed by atoms with Crippen LogP contribution in [-0.4, -0.2) is 16.6 Å². The third kappa shape index (κ3) is 4.49. The quantitative estimate of drug-likeness (QED) is 0.311. The van der Waals surface area contributed by atoms with Gasteiger partial charge in [-0.2, -0.15) is 0 Å². The van der Waals surface area contributed by atoms with E-state index < -0.39 is 16.6 Å². The molecule has 0 amide bonds. The highest BCUT2D eigenvalue weighted by Crippen LogP contribution is 2.59. The second kappa shape index (κ2) is 10.3. The van der Waals surface area contributed by atoms with Crippen molar-refractivity contribution in [2.75, 3.05) is 0 Å². The lowest BCUT2D eigenvalue weighted by molar-refractivity contribution is 0.416. The highest BCUT2D eigenvalue weighted by molar-refractivity contribution is 6.90.